The fourth-order valence-corrected chi connectivity index (χ4v) is 2.81. The van der Waals surface area contributed by atoms with E-state index in [9.17, 15) is 13.6 Å². The molecule has 24 heavy (non-hydrogen) atoms. The third-order valence-corrected chi connectivity index (χ3v) is 4.06. The lowest BCUT2D eigenvalue weighted by Gasteiger charge is -2.25. The van der Waals surface area contributed by atoms with Gasteiger partial charge in [0.2, 0.25) is 0 Å². The molecule has 1 fully saturated rings. The van der Waals surface area contributed by atoms with E-state index in [0.29, 0.717) is 12.1 Å². The maximum absolute atomic E-state index is 13.8. The largest absolute Gasteiger partial charge is 0.348 e. The van der Waals surface area contributed by atoms with Crippen molar-refractivity contribution in [3.8, 4) is 11.4 Å². The molecule has 2 aromatic heterocycles. The fourth-order valence-electron chi connectivity index (χ4n) is 2.42. The van der Waals surface area contributed by atoms with Gasteiger partial charge in [-0.25, -0.2) is 18.7 Å². The van der Waals surface area contributed by atoms with Gasteiger partial charge in [-0.15, -0.1) is 0 Å². The van der Waals surface area contributed by atoms with E-state index in [1.165, 1.54) is 17.2 Å². The molecule has 3 heterocycles. The van der Waals surface area contributed by atoms with Crippen molar-refractivity contribution >= 4 is 29.0 Å². The van der Waals surface area contributed by atoms with Crippen LogP contribution in [0, 0.1) is 0 Å². The van der Waals surface area contributed by atoms with Gasteiger partial charge in [-0.1, -0.05) is 23.2 Å². The SMILES string of the molecule is O=c1[nH]c(-c2ccnc(Cl)c2)nc(N2CCNCC(F)(F)C2)c1Cl. The van der Waals surface area contributed by atoms with E-state index in [-0.39, 0.29) is 28.4 Å². The summed E-state index contributed by atoms with van der Waals surface area (Å²) in [5.74, 6) is -2.75. The molecule has 0 spiro atoms. The number of nitrogens with one attached hydrogen (secondary N) is 2. The molecule has 2 aromatic rings. The molecule has 0 saturated carbocycles. The van der Waals surface area contributed by atoms with Crippen LogP contribution >= 0.6 is 23.2 Å². The molecule has 6 nitrogen and oxygen atoms in total. The van der Waals surface area contributed by atoms with Crippen LogP contribution in [-0.2, 0) is 0 Å². The van der Waals surface area contributed by atoms with Crippen molar-refractivity contribution in [1.82, 2.24) is 20.3 Å². The molecule has 2 N–H and O–H groups in total. The number of nitrogens with zero attached hydrogens (tertiary/aromatic N) is 3. The molecule has 128 valence electrons. The molecule has 10 heteroatoms. The van der Waals surface area contributed by atoms with Crippen LogP contribution in [0.25, 0.3) is 11.4 Å². The van der Waals surface area contributed by atoms with Crippen molar-refractivity contribution in [2.45, 2.75) is 5.92 Å². The number of hydrogen-bond acceptors (Lipinski definition) is 5. The smallest absolute Gasteiger partial charge is 0.277 e. The van der Waals surface area contributed by atoms with Crippen molar-refractivity contribution in [3.63, 3.8) is 0 Å². The third-order valence-electron chi connectivity index (χ3n) is 3.51. The zero-order valence-electron chi connectivity index (χ0n) is 12.3. The lowest BCUT2D eigenvalue weighted by Crippen LogP contribution is -2.39. The number of halogens is 4. The Labute approximate surface area is 145 Å². The molecule has 0 unspecified atom stereocenters. The monoisotopic (exact) mass is 375 g/mol. The highest BCUT2D eigenvalue weighted by Crippen LogP contribution is 2.27. The van der Waals surface area contributed by atoms with Crippen molar-refractivity contribution in [2.24, 2.45) is 0 Å². The van der Waals surface area contributed by atoms with Gasteiger partial charge in [0.15, 0.2) is 5.82 Å². The summed E-state index contributed by atoms with van der Waals surface area (Å²) in [5, 5.41) is 2.65. The van der Waals surface area contributed by atoms with Gasteiger partial charge < -0.3 is 15.2 Å². The molecule has 1 aliphatic heterocycles. The topological polar surface area (TPSA) is 73.9 Å². The highest BCUT2D eigenvalue weighted by atomic mass is 35.5. The number of alkyl halides is 2. The summed E-state index contributed by atoms with van der Waals surface area (Å²) >= 11 is 11.9. The van der Waals surface area contributed by atoms with Gasteiger partial charge in [0.1, 0.15) is 16.0 Å². The summed E-state index contributed by atoms with van der Waals surface area (Å²) < 4.78 is 27.6. The molecule has 0 amide bonds. The molecule has 0 bridgehead atoms. The number of aromatic amines is 1. The van der Waals surface area contributed by atoms with Crippen molar-refractivity contribution < 1.29 is 8.78 Å². The average molecular weight is 376 g/mol. The lowest BCUT2D eigenvalue weighted by atomic mass is 10.2. The van der Waals surface area contributed by atoms with Crippen LogP contribution in [0.1, 0.15) is 0 Å². The number of anilines is 1. The van der Waals surface area contributed by atoms with Crippen LogP contribution in [-0.4, -0.2) is 47.1 Å². The molecular weight excluding hydrogens is 363 g/mol. The first-order valence-electron chi connectivity index (χ1n) is 7.11. The van der Waals surface area contributed by atoms with Gasteiger partial charge in [-0.2, -0.15) is 0 Å². The molecular formula is C14H13Cl2F2N5O. The number of pyridine rings is 1. The minimum atomic E-state index is -2.95. The Morgan fingerprint density at radius 1 is 1.33 bits per heavy atom. The number of hydrogen-bond donors (Lipinski definition) is 2. The highest BCUT2D eigenvalue weighted by molar-refractivity contribution is 6.32. The first-order chi connectivity index (χ1) is 11.4. The van der Waals surface area contributed by atoms with Gasteiger partial charge in [0, 0.05) is 24.8 Å². The Kier molecular flexibility index (Phi) is 4.71. The van der Waals surface area contributed by atoms with E-state index in [4.69, 9.17) is 23.2 Å². The average Bonchev–Trinajstić information content (AvgIpc) is 2.70. The van der Waals surface area contributed by atoms with Crippen LogP contribution in [0.2, 0.25) is 10.2 Å². The quantitative estimate of drug-likeness (QED) is 0.787. The summed E-state index contributed by atoms with van der Waals surface area (Å²) in [4.78, 5) is 24.0. The first kappa shape index (κ1) is 17.1. The van der Waals surface area contributed by atoms with Gasteiger partial charge in [-0.3, -0.25) is 4.79 Å². The predicted molar refractivity (Wildman–Crippen MR) is 88.1 cm³/mol. The summed E-state index contributed by atoms with van der Waals surface area (Å²) in [6.45, 7) is -0.428. The molecule has 3 rings (SSSR count). The van der Waals surface area contributed by atoms with E-state index in [2.05, 4.69) is 20.3 Å². The molecule has 0 aromatic carbocycles. The Morgan fingerprint density at radius 3 is 2.88 bits per heavy atom. The summed E-state index contributed by atoms with van der Waals surface area (Å²) in [6.07, 6.45) is 1.45. The van der Waals surface area contributed by atoms with Gasteiger partial charge in [0.25, 0.3) is 11.5 Å². The Balaban J connectivity index is 2.06. The summed E-state index contributed by atoms with van der Waals surface area (Å²) in [6, 6.07) is 3.11. The van der Waals surface area contributed by atoms with E-state index < -0.39 is 24.6 Å². The number of rotatable bonds is 2. The third kappa shape index (κ3) is 3.66. The van der Waals surface area contributed by atoms with E-state index in [1.54, 1.807) is 6.07 Å². The number of H-pyrrole nitrogens is 1. The minimum absolute atomic E-state index is 0.0201. The maximum Gasteiger partial charge on any atom is 0.277 e. The van der Waals surface area contributed by atoms with Crippen LogP contribution in [0.3, 0.4) is 0 Å². The minimum Gasteiger partial charge on any atom is -0.348 e. The summed E-state index contributed by atoms with van der Waals surface area (Å²) in [7, 11) is 0. The fraction of sp³-hybridized carbons (Fsp3) is 0.357. The molecule has 1 aliphatic rings. The standard InChI is InChI=1S/C14H13Cl2F2N5O/c15-9-5-8(1-2-20-9)11-21-12(10(16)13(24)22-11)23-4-3-19-6-14(17,18)7-23/h1-2,5,19H,3-4,6-7H2,(H,21,22,24). The van der Waals surface area contributed by atoms with Crippen molar-refractivity contribution in [1.29, 1.82) is 0 Å². The Hall–Kier alpha value is -1.77. The second-order valence-corrected chi connectivity index (χ2v) is 6.14. The molecule has 0 aliphatic carbocycles. The maximum atomic E-state index is 13.8. The van der Waals surface area contributed by atoms with E-state index >= 15 is 0 Å². The normalized spacial score (nSPS) is 17.6. The zero-order chi connectivity index (χ0) is 17.3. The van der Waals surface area contributed by atoms with Crippen molar-refractivity contribution in [3.05, 3.63) is 38.9 Å². The van der Waals surface area contributed by atoms with Gasteiger partial charge >= 0.3 is 0 Å². The molecule has 0 radical (unpaired) electrons. The lowest BCUT2D eigenvalue weighted by molar-refractivity contribution is 0.0156. The highest BCUT2D eigenvalue weighted by Gasteiger charge is 2.35. The molecule has 0 atom stereocenters. The van der Waals surface area contributed by atoms with Gasteiger partial charge in [0.05, 0.1) is 13.1 Å². The Bertz CT molecular complexity index is 814. The first-order valence-corrected chi connectivity index (χ1v) is 7.86. The van der Waals surface area contributed by atoms with Crippen molar-refractivity contribution in [2.75, 3.05) is 31.1 Å². The predicted octanol–water partition coefficient (Wildman–Crippen LogP) is 2.18. The van der Waals surface area contributed by atoms with Crippen LogP contribution < -0.4 is 15.8 Å². The molecule has 1 saturated heterocycles. The van der Waals surface area contributed by atoms with E-state index in [1.807, 2.05) is 0 Å². The second-order valence-electron chi connectivity index (χ2n) is 5.37. The van der Waals surface area contributed by atoms with Crippen LogP contribution in [0.4, 0.5) is 14.6 Å². The van der Waals surface area contributed by atoms with Crippen LogP contribution in [0.5, 0.6) is 0 Å². The Morgan fingerprint density at radius 2 is 2.12 bits per heavy atom. The zero-order valence-corrected chi connectivity index (χ0v) is 13.8. The second kappa shape index (κ2) is 6.62. The number of aromatic nitrogens is 3. The summed E-state index contributed by atoms with van der Waals surface area (Å²) in [5.41, 5.74) is -0.102. The van der Waals surface area contributed by atoms with Gasteiger partial charge in [-0.05, 0) is 12.1 Å². The van der Waals surface area contributed by atoms with E-state index in [0.717, 1.165) is 0 Å². The van der Waals surface area contributed by atoms with Crippen LogP contribution in [0.15, 0.2) is 23.1 Å².